The van der Waals surface area contributed by atoms with Gasteiger partial charge < -0.3 is 19.6 Å². The quantitative estimate of drug-likeness (QED) is 0.143. The molecule has 4 aromatic carbocycles. The van der Waals surface area contributed by atoms with Crippen LogP contribution in [-0.2, 0) is 22.4 Å². The summed E-state index contributed by atoms with van der Waals surface area (Å²) < 4.78 is 6.27. The van der Waals surface area contributed by atoms with Crippen molar-refractivity contribution in [3.8, 4) is 34.0 Å². The Morgan fingerprint density at radius 2 is 1.35 bits per heavy atom. The van der Waals surface area contributed by atoms with E-state index in [2.05, 4.69) is 9.97 Å². The van der Waals surface area contributed by atoms with Gasteiger partial charge in [-0.3, -0.25) is 9.59 Å². The number of amides is 1. The van der Waals surface area contributed by atoms with Gasteiger partial charge in [0.2, 0.25) is 5.91 Å². The van der Waals surface area contributed by atoms with Crippen molar-refractivity contribution in [2.75, 3.05) is 6.54 Å². The summed E-state index contributed by atoms with van der Waals surface area (Å²) in [5.41, 5.74) is 5.87. The molecule has 3 heterocycles. The highest BCUT2D eigenvalue weighted by atomic mass is 16.5. The summed E-state index contributed by atoms with van der Waals surface area (Å²) in [4.78, 5) is 44.8. The highest BCUT2D eigenvalue weighted by molar-refractivity contribution is 5.84. The molecule has 1 aliphatic carbocycles. The topological polar surface area (TPSA) is 104 Å². The maximum Gasteiger partial charge on any atom is 0.227 e. The molecule has 2 N–H and O–H groups in total. The monoisotopic (exact) mass is 675 g/mol. The van der Waals surface area contributed by atoms with E-state index >= 15 is 0 Å². The van der Waals surface area contributed by atoms with Crippen molar-refractivity contribution in [1.29, 1.82) is 0 Å². The van der Waals surface area contributed by atoms with Crippen molar-refractivity contribution >= 4 is 11.7 Å². The average molecular weight is 676 g/mol. The molecule has 8 nitrogen and oxygen atoms in total. The zero-order chi connectivity index (χ0) is 34.6. The minimum absolute atomic E-state index is 0.0123. The number of nitrogens with one attached hydrogen (secondary N) is 2. The standard InChI is InChI=1S/C43H41N5O3/c49-40(24-29-10-3-1-4-11-29)35-16-8-17-36(35)42-44-28-38(46-42)32-14-7-15-34(26-32)51-33-21-19-31(20-22-33)37-27-45-43(47-37)39-18-9-23-48(39)41(50)25-30-12-5-2-6-13-30/h1-7,10-15,19-22,26-28,35-36,39H,8-9,16-18,23-25H2,(H,44,46)(H,45,47)/t35?,36-,39-/m1/s1. The molecular weight excluding hydrogens is 635 g/mol. The number of hydrogen-bond acceptors (Lipinski definition) is 5. The lowest BCUT2D eigenvalue weighted by Gasteiger charge is -2.23. The smallest absolute Gasteiger partial charge is 0.227 e. The van der Waals surface area contributed by atoms with Crippen molar-refractivity contribution in [3.05, 3.63) is 144 Å². The molecule has 2 aliphatic rings. The molecule has 0 spiro atoms. The molecule has 2 fully saturated rings. The van der Waals surface area contributed by atoms with E-state index in [1.165, 1.54) is 0 Å². The molecule has 51 heavy (non-hydrogen) atoms. The highest BCUT2D eigenvalue weighted by Gasteiger charge is 2.35. The first-order valence-electron chi connectivity index (χ1n) is 18.0. The second-order valence-electron chi connectivity index (χ2n) is 13.7. The van der Waals surface area contributed by atoms with Gasteiger partial charge in [-0.2, -0.15) is 0 Å². The van der Waals surface area contributed by atoms with Gasteiger partial charge in [0.05, 0.1) is 36.2 Å². The minimum atomic E-state index is -0.0440. The fourth-order valence-electron chi connectivity index (χ4n) is 7.71. The van der Waals surface area contributed by atoms with Gasteiger partial charge in [-0.05, 0) is 78.8 Å². The second-order valence-corrected chi connectivity index (χ2v) is 13.7. The van der Waals surface area contributed by atoms with Crippen LogP contribution >= 0.6 is 0 Å². The molecule has 8 heteroatoms. The van der Waals surface area contributed by atoms with Gasteiger partial charge in [0.15, 0.2) is 0 Å². The number of Topliss-reactive ketones (excluding diaryl/α,β-unsaturated/α-hetero) is 1. The molecular formula is C43H41N5O3. The van der Waals surface area contributed by atoms with Crippen LogP contribution in [0.2, 0.25) is 0 Å². The summed E-state index contributed by atoms with van der Waals surface area (Å²) in [5.74, 6) is 3.68. The number of carbonyl (C=O) groups is 2. The number of nitrogens with zero attached hydrogens (tertiary/aromatic N) is 3. The predicted octanol–water partition coefficient (Wildman–Crippen LogP) is 8.86. The Morgan fingerprint density at radius 1 is 0.667 bits per heavy atom. The molecule has 6 aromatic rings. The number of imidazole rings is 2. The summed E-state index contributed by atoms with van der Waals surface area (Å²) in [6, 6.07) is 35.8. The number of ketones is 1. The maximum atomic E-state index is 13.3. The number of aromatic nitrogens is 4. The Kier molecular flexibility index (Phi) is 9.30. The molecule has 0 radical (unpaired) electrons. The fourth-order valence-corrected chi connectivity index (χ4v) is 7.71. The van der Waals surface area contributed by atoms with Gasteiger partial charge in [-0.25, -0.2) is 9.97 Å². The number of benzene rings is 4. The number of likely N-dealkylation sites (tertiary alicyclic amines) is 1. The SMILES string of the molecule is O=C(Cc1ccccc1)C1CCC[C@H]1c1ncc(-c2cccc(Oc3ccc(-c4cnc([C@H]5CCCN5C(=O)Cc5ccccc5)[nH]4)cc3)c2)[nH]1. The lowest BCUT2D eigenvalue weighted by Crippen LogP contribution is -2.32. The summed E-state index contributed by atoms with van der Waals surface area (Å²) in [7, 11) is 0. The van der Waals surface area contributed by atoms with Crippen LogP contribution in [0.5, 0.6) is 11.5 Å². The number of H-pyrrole nitrogens is 2. The maximum absolute atomic E-state index is 13.3. The lowest BCUT2D eigenvalue weighted by atomic mass is 9.88. The third kappa shape index (κ3) is 7.26. The van der Waals surface area contributed by atoms with Gasteiger partial charge in [-0.1, -0.05) is 79.2 Å². The molecule has 0 bridgehead atoms. The largest absolute Gasteiger partial charge is 0.457 e. The summed E-state index contributed by atoms with van der Waals surface area (Å²) in [6.45, 7) is 0.748. The molecule has 1 saturated heterocycles. The van der Waals surface area contributed by atoms with E-state index in [0.29, 0.717) is 18.6 Å². The second kappa shape index (κ2) is 14.6. The number of carbonyl (C=O) groups excluding carboxylic acids is 2. The Balaban J connectivity index is 0.905. The van der Waals surface area contributed by atoms with Crippen LogP contribution in [0.1, 0.15) is 66.8 Å². The summed E-state index contributed by atoms with van der Waals surface area (Å²) >= 11 is 0. The Bertz CT molecular complexity index is 2100. The van der Waals surface area contributed by atoms with E-state index in [4.69, 9.17) is 14.7 Å². The molecule has 1 unspecified atom stereocenters. The van der Waals surface area contributed by atoms with Crippen LogP contribution in [0.15, 0.2) is 122 Å². The van der Waals surface area contributed by atoms with E-state index in [1.807, 2.05) is 126 Å². The lowest BCUT2D eigenvalue weighted by molar-refractivity contribution is -0.131. The fraction of sp³-hybridized carbons (Fsp3) is 0.256. The normalized spacial score (nSPS) is 18.6. The van der Waals surface area contributed by atoms with Crippen LogP contribution in [0.4, 0.5) is 0 Å². The number of rotatable bonds is 11. The molecule has 1 amide bonds. The van der Waals surface area contributed by atoms with Crippen molar-refractivity contribution in [2.45, 2.75) is 56.9 Å². The van der Waals surface area contributed by atoms with Crippen LogP contribution in [0.3, 0.4) is 0 Å². The molecule has 3 atom stereocenters. The summed E-state index contributed by atoms with van der Waals surface area (Å²) in [5, 5.41) is 0. The highest BCUT2D eigenvalue weighted by Crippen LogP contribution is 2.40. The number of ether oxygens (including phenoxy) is 1. The third-order valence-corrected chi connectivity index (χ3v) is 10.3. The van der Waals surface area contributed by atoms with Gasteiger partial charge in [0.25, 0.3) is 0 Å². The van der Waals surface area contributed by atoms with E-state index in [-0.39, 0.29) is 23.8 Å². The van der Waals surface area contributed by atoms with E-state index in [1.54, 1.807) is 0 Å². The Morgan fingerprint density at radius 3 is 2.12 bits per heavy atom. The van der Waals surface area contributed by atoms with Gasteiger partial charge >= 0.3 is 0 Å². The molecule has 1 saturated carbocycles. The van der Waals surface area contributed by atoms with E-state index in [9.17, 15) is 9.59 Å². The van der Waals surface area contributed by atoms with Crippen molar-refractivity contribution in [2.24, 2.45) is 5.92 Å². The summed E-state index contributed by atoms with van der Waals surface area (Å²) in [6.07, 6.45) is 9.34. The number of hydrogen-bond donors (Lipinski definition) is 2. The van der Waals surface area contributed by atoms with Crippen LogP contribution in [0.25, 0.3) is 22.5 Å². The minimum Gasteiger partial charge on any atom is -0.457 e. The van der Waals surface area contributed by atoms with Crippen LogP contribution in [-0.4, -0.2) is 43.1 Å². The first-order chi connectivity index (χ1) is 25.1. The zero-order valence-corrected chi connectivity index (χ0v) is 28.5. The molecule has 1 aliphatic heterocycles. The van der Waals surface area contributed by atoms with Gasteiger partial charge in [0.1, 0.15) is 28.9 Å². The third-order valence-electron chi connectivity index (χ3n) is 10.3. The van der Waals surface area contributed by atoms with Crippen LogP contribution in [0, 0.1) is 5.92 Å². The predicted molar refractivity (Wildman–Crippen MR) is 197 cm³/mol. The Hall–Kier alpha value is -5.76. The molecule has 2 aromatic heterocycles. The average Bonchev–Trinajstić information content (AvgIpc) is 3.99. The first kappa shape index (κ1) is 32.4. The Labute approximate surface area is 298 Å². The van der Waals surface area contributed by atoms with Crippen LogP contribution < -0.4 is 4.74 Å². The van der Waals surface area contributed by atoms with E-state index < -0.39 is 0 Å². The number of aromatic amines is 2. The van der Waals surface area contributed by atoms with Gasteiger partial charge in [0, 0.05) is 30.4 Å². The first-order valence-corrected chi connectivity index (χ1v) is 18.0. The molecule has 256 valence electrons. The van der Waals surface area contributed by atoms with Crippen molar-refractivity contribution in [1.82, 2.24) is 24.8 Å². The van der Waals surface area contributed by atoms with Crippen molar-refractivity contribution < 1.29 is 14.3 Å². The van der Waals surface area contributed by atoms with Gasteiger partial charge in [-0.15, -0.1) is 0 Å². The van der Waals surface area contributed by atoms with Crippen molar-refractivity contribution in [3.63, 3.8) is 0 Å². The zero-order valence-electron chi connectivity index (χ0n) is 28.5. The van der Waals surface area contributed by atoms with E-state index in [0.717, 1.165) is 95.4 Å². The molecule has 8 rings (SSSR count).